The van der Waals surface area contributed by atoms with Gasteiger partial charge in [-0.15, -0.1) is 0 Å². The Kier molecular flexibility index (Phi) is 5.58. The van der Waals surface area contributed by atoms with Crippen LogP contribution in [-0.2, 0) is 11.4 Å². The van der Waals surface area contributed by atoms with E-state index < -0.39 is 23.5 Å². The first-order valence-electron chi connectivity index (χ1n) is 11.5. The lowest BCUT2D eigenvalue weighted by Gasteiger charge is -2.45. The second kappa shape index (κ2) is 8.71. The molecule has 0 N–H and O–H groups in total. The average Bonchev–Trinajstić information content (AvgIpc) is 3.42. The molecule has 0 aliphatic carbocycles. The van der Waals surface area contributed by atoms with Gasteiger partial charge in [-0.3, -0.25) is 14.2 Å². The highest BCUT2D eigenvalue weighted by atomic mass is 35.5. The molecule has 188 valence electrons. The fourth-order valence-corrected chi connectivity index (χ4v) is 6.21. The number of aromatic nitrogens is 1. The fraction of sp³-hybridized carbons (Fsp3) is 0.222. The largest absolute Gasteiger partial charge is 0.486 e. The molecule has 4 aromatic rings. The van der Waals surface area contributed by atoms with Gasteiger partial charge in [0.25, 0.3) is 5.56 Å². The number of benzene rings is 2. The molecule has 7 nitrogen and oxygen atoms in total. The summed E-state index contributed by atoms with van der Waals surface area (Å²) in [5.74, 6) is 0.731. The molecule has 0 saturated carbocycles. The summed E-state index contributed by atoms with van der Waals surface area (Å²) in [6.45, 7) is 3.39. The zero-order valence-electron chi connectivity index (χ0n) is 19.7. The Hall–Kier alpha value is -3.69. The topological polar surface area (TPSA) is 83.0 Å². The number of rotatable bonds is 5. The number of furan rings is 1. The number of nitrogens with zero attached hydrogens (tertiary/aromatic N) is 2. The molecule has 2 aliphatic heterocycles. The number of hydrogen-bond acceptors (Lipinski definition) is 7. The van der Waals surface area contributed by atoms with Crippen LogP contribution in [-0.4, -0.2) is 16.1 Å². The molecule has 0 saturated heterocycles. The van der Waals surface area contributed by atoms with Crippen LogP contribution in [0.15, 0.2) is 68.8 Å². The maximum Gasteiger partial charge on any atom is 0.271 e. The van der Waals surface area contributed by atoms with Crippen LogP contribution in [0, 0.1) is 11.7 Å². The van der Waals surface area contributed by atoms with Gasteiger partial charge in [0.05, 0.1) is 15.6 Å². The van der Waals surface area contributed by atoms with Gasteiger partial charge in [-0.25, -0.2) is 9.38 Å². The Balaban J connectivity index is 1.36. The number of ether oxygens (including phenoxy) is 2. The number of carbonyl (C=O) groups excluding carboxylic acids is 1. The third kappa shape index (κ3) is 3.98. The lowest BCUT2D eigenvalue weighted by atomic mass is 9.79. The molecule has 2 aliphatic rings. The van der Waals surface area contributed by atoms with Crippen LogP contribution in [0.2, 0.25) is 5.02 Å². The van der Waals surface area contributed by atoms with E-state index in [0.29, 0.717) is 32.4 Å². The molecule has 0 radical (unpaired) electrons. The van der Waals surface area contributed by atoms with Crippen LogP contribution >= 0.6 is 22.9 Å². The second-order valence-corrected chi connectivity index (χ2v) is 10.5. The first-order valence-corrected chi connectivity index (χ1v) is 12.7. The van der Waals surface area contributed by atoms with Crippen LogP contribution in [0.1, 0.15) is 37.0 Å². The summed E-state index contributed by atoms with van der Waals surface area (Å²) in [5.41, 5.74) is -0.590. The molecule has 2 aromatic carbocycles. The number of carbonyl (C=O) groups is 1. The van der Waals surface area contributed by atoms with Crippen molar-refractivity contribution in [2.45, 2.75) is 32.2 Å². The van der Waals surface area contributed by atoms with Gasteiger partial charge in [-0.05, 0) is 44.2 Å². The summed E-state index contributed by atoms with van der Waals surface area (Å²) in [7, 11) is 0. The summed E-state index contributed by atoms with van der Waals surface area (Å²) in [5, 5.41) is -0.0306. The van der Waals surface area contributed by atoms with Crippen LogP contribution < -0.4 is 24.4 Å². The number of para-hydroxylation sites is 1. The van der Waals surface area contributed by atoms with E-state index >= 15 is 0 Å². The fourth-order valence-electron chi connectivity index (χ4n) is 4.96. The van der Waals surface area contributed by atoms with E-state index in [1.807, 2.05) is 24.3 Å². The van der Waals surface area contributed by atoms with Crippen molar-refractivity contribution in [1.82, 2.24) is 4.57 Å². The van der Waals surface area contributed by atoms with Gasteiger partial charge in [0.2, 0.25) is 5.72 Å². The standard InChI is InChI=1S/C27H20ClFN2O5S/c1-14(32)23-24-18-5-3-4-6-21(18)36-27(23,2)30-26-31(24)25(33)22(37-26)12-16-7-8-17(35-16)13-34-15-9-10-20(29)19(28)11-15/h3-12,23-24H,13H2,1-2H3/b22-12+/t23-,24+,27+/m0/s1. The summed E-state index contributed by atoms with van der Waals surface area (Å²) < 4.78 is 33.0. The Labute approximate surface area is 219 Å². The van der Waals surface area contributed by atoms with Gasteiger partial charge in [0.15, 0.2) is 4.80 Å². The van der Waals surface area contributed by atoms with Crippen molar-refractivity contribution < 1.29 is 23.1 Å². The molecule has 3 atom stereocenters. The zero-order valence-corrected chi connectivity index (χ0v) is 21.3. The number of Topliss-reactive ketones (excluding diaryl/α,β-unsaturated/α-hetero) is 1. The highest BCUT2D eigenvalue weighted by Crippen LogP contribution is 2.47. The minimum absolute atomic E-state index is 0.0306. The SMILES string of the molecule is CC(=O)[C@H]1[C@H]2c3ccccc3O[C@@]1(C)N=c1s/c(=C/c3ccc(COc4ccc(F)c(Cl)c4)o3)c(=O)n12. The number of halogens is 2. The quantitative estimate of drug-likeness (QED) is 0.379. The number of thiazole rings is 1. The van der Waals surface area contributed by atoms with E-state index in [-0.39, 0.29) is 23.0 Å². The van der Waals surface area contributed by atoms with Gasteiger partial charge in [0.1, 0.15) is 47.1 Å². The predicted molar refractivity (Wildman–Crippen MR) is 135 cm³/mol. The monoisotopic (exact) mass is 538 g/mol. The van der Waals surface area contributed by atoms with Gasteiger partial charge in [0, 0.05) is 17.7 Å². The van der Waals surface area contributed by atoms with Crippen LogP contribution in [0.3, 0.4) is 0 Å². The molecule has 6 rings (SSSR count). The summed E-state index contributed by atoms with van der Waals surface area (Å²) in [6.07, 6.45) is 1.65. The maximum absolute atomic E-state index is 13.6. The average molecular weight is 539 g/mol. The smallest absolute Gasteiger partial charge is 0.271 e. The molecule has 2 aromatic heterocycles. The second-order valence-electron chi connectivity index (χ2n) is 9.08. The van der Waals surface area contributed by atoms with E-state index in [4.69, 9.17) is 30.5 Å². The highest BCUT2D eigenvalue weighted by molar-refractivity contribution is 7.07. The number of hydrogen-bond donors (Lipinski definition) is 0. The van der Waals surface area contributed by atoms with E-state index in [0.717, 1.165) is 5.56 Å². The van der Waals surface area contributed by atoms with Gasteiger partial charge < -0.3 is 13.9 Å². The Morgan fingerprint density at radius 1 is 1.27 bits per heavy atom. The molecule has 0 unspecified atom stereocenters. The van der Waals surface area contributed by atoms with Crippen molar-refractivity contribution in [2.24, 2.45) is 10.9 Å². The third-order valence-corrected chi connectivity index (χ3v) is 7.82. The van der Waals surface area contributed by atoms with Gasteiger partial charge >= 0.3 is 0 Å². The van der Waals surface area contributed by atoms with Crippen LogP contribution in [0.4, 0.5) is 4.39 Å². The first kappa shape index (κ1) is 23.7. The molecule has 10 heteroatoms. The van der Waals surface area contributed by atoms with E-state index in [1.165, 1.54) is 36.5 Å². The van der Waals surface area contributed by atoms with Crippen LogP contribution in [0.25, 0.3) is 6.08 Å². The number of fused-ring (bicyclic) bond motifs is 6. The van der Waals surface area contributed by atoms with Crippen LogP contribution in [0.5, 0.6) is 11.5 Å². The first-order chi connectivity index (χ1) is 17.7. The summed E-state index contributed by atoms with van der Waals surface area (Å²) >= 11 is 7.01. The minimum atomic E-state index is -1.11. The molecule has 0 spiro atoms. The molecule has 4 heterocycles. The van der Waals surface area contributed by atoms with Gasteiger partial charge in [-0.1, -0.05) is 41.1 Å². The zero-order chi connectivity index (χ0) is 25.9. The van der Waals surface area contributed by atoms with Crippen molar-refractivity contribution >= 4 is 34.8 Å². The molecule has 0 amide bonds. The number of ketones is 1. The summed E-state index contributed by atoms with van der Waals surface area (Å²) in [4.78, 5) is 31.6. The molecular formula is C27H20ClFN2O5S. The van der Waals surface area contributed by atoms with Gasteiger partial charge in [-0.2, -0.15) is 0 Å². The molecular weight excluding hydrogens is 519 g/mol. The van der Waals surface area contributed by atoms with Crippen molar-refractivity contribution in [1.29, 1.82) is 0 Å². The summed E-state index contributed by atoms with van der Waals surface area (Å²) in [6, 6.07) is 14.5. The maximum atomic E-state index is 13.6. The van der Waals surface area contributed by atoms with Crippen molar-refractivity contribution in [3.63, 3.8) is 0 Å². The minimum Gasteiger partial charge on any atom is -0.486 e. The lowest BCUT2D eigenvalue weighted by Crippen LogP contribution is -2.58. The lowest BCUT2D eigenvalue weighted by molar-refractivity contribution is -0.132. The van der Waals surface area contributed by atoms with Crippen molar-refractivity contribution in [2.75, 3.05) is 0 Å². The molecule has 2 bridgehead atoms. The predicted octanol–water partition coefficient (Wildman–Crippen LogP) is 4.24. The van der Waals surface area contributed by atoms with E-state index in [9.17, 15) is 14.0 Å². The third-order valence-electron chi connectivity index (χ3n) is 6.55. The van der Waals surface area contributed by atoms with Crippen molar-refractivity contribution in [3.8, 4) is 11.5 Å². The Morgan fingerprint density at radius 2 is 2.08 bits per heavy atom. The van der Waals surface area contributed by atoms with Crippen molar-refractivity contribution in [3.05, 3.63) is 102 Å². The highest BCUT2D eigenvalue weighted by Gasteiger charge is 2.53. The van der Waals surface area contributed by atoms with E-state index in [1.54, 1.807) is 29.7 Å². The molecule has 37 heavy (non-hydrogen) atoms. The Morgan fingerprint density at radius 3 is 2.86 bits per heavy atom. The van der Waals surface area contributed by atoms with E-state index in [2.05, 4.69) is 0 Å². The Bertz CT molecular complexity index is 1740. The molecule has 0 fully saturated rings. The normalized spacial score (nSPS) is 22.0.